The van der Waals surface area contributed by atoms with Crippen molar-refractivity contribution in [3.05, 3.63) is 77.4 Å². The van der Waals surface area contributed by atoms with Gasteiger partial charge >= 0.3 is 0 Å². The smallest absolute Gasteiger partial charge is 0.213 e. The molecule has 3 aromatic rings. The van der Waals surface area contributed by atoms with Crippen molar-refractivity contribution in [1.82, 2.24) is 20.5 Å². The fourth-order valence-electron chi connectivity index (χ4n) is 3.29. The molecule has 0 spiro atoms. The van der Waals surface area contributed by atoms with Gasteiger partial charge in [-0.05, 0) is 37.2 Å². The van der Waals surface area contributed by atoms with Crippen LogP contribution in [0.25, 0.3) is 0 Å². The monoisotopic (exact) mass is 437 g/mol. The third-order valence-electron chi connectivity index (χ3n) is 5.02. The first-order valence-electron chi connectivity index (χ1n) is 11.1. The molecule has 0 saturated heterocycles. The maximum Gasteiger partial charge on any atom is 0.213 e. The first-order valence-corrected chi connectivity index (χ1v) is 11.1. The number of hydrogen-bond donors (Lipinski definition) is 2. The summed E-state index contributed by atoms with van der Waals surface area (Å²) in [5, 5.41) is 6.62. The second-order valence-corrected chi connectivity index (χ2v) is 8.94. The van der Waals surface area contributed by atoms with Crippen LogP contribution in [-0.2, 0) is 31.6 Å². The highest BCUT2D eigenvalue weighted by Crippen LogP contribution is 2.22. The molecule has 0 amide bonds. The number of nitrogens with one attached hydrogen (secondary N) is 2. The fraction of sp³-hybridized carbons (Fsp3) is 0.440. The van der Waals surface area contributed by atoms with Crippen LogP contribution in [0.15, 0.2) is 62.7 Å². The number of rotatable bonds is 9. The van der Waals surface area contributed by atoms with Gasteiger partial charge in [0.2, 0.25) is 5.89 Å². The minimum absolute atomic E-state index is 0.0579. The number of furan rings is 1. The molecular formula is C25H35N5O2. The average Bonchev–Trinajstić information content (AvgIpc) is 3.43. The van der Waals surface area contributed by atoms with E-state index in [1.54, 1.807) is 12.5 Å². The maximum atomic E-state index is 5.88. The minimum atomic E-state index is -0.0579. The third kappa shape index (κ3) is 6.99. The second kappa shape index (κ2) is 11.0. The molecule has 2 aromatic heterocycles. The van der Waals surface area contributed by atoms with Gasteiger partial charge in [-0.2, -0.15) is 0 Å². The lowest BCUT2D eigenvalue weighted by Crippen LogP contribution is -2.36. The molecule has 0 unspecified atom stereocenters. The zero-order valence-electron chi connectivity index (χ0n) is 19.8. The van der Waals surface area contributed by atoms with Crippen molar-refractivity contribution in [2.75, 3.05) is 13.6 Å². The van der Waals surface area contributed by atoms with Gasteiger partial charge in [0.05, 0.1) is 32.1 Å². The molecule has 32 heavy (non-hydrogen) atoms. The Morgan fingerprint density at radius 3 is 2.50 bits per heavy atom. The van der Waals surface area contributed by atoms with Crippen LogP contribution < -0.4 is 10.6 Å². The van der Waals surface area contributed by atoms with Gasteiger partial charge in [-0.25, -0.2) is 9.98 Å². The molecule has 2 N–H and O–H groups in total. The number of aromatic nitrogens is 1. The van der Waals surface area contributed by atoms with Gasteiger partial charge < -0.3 is 19.5 Å². The average molecular weight is 438 g/mol. The predicted octanol–water partition coefficient (Wildman–Crippen LogP) is 4.45. The van der Waals surface area contributed by atoms with E-state index in [0.717, 1.165) is 37.1 Å². The standard InChI is InChI=1S/C25H35N5O2/c1-6-26-24(29-16-23-27-15-22(32-23)25(2,3)4)28-14-19-10-7-8-11-20(19)17-30(5)18-21-12-9-13-31-21/h7-13,15H,6,14,16-18H2,1-5H3,(H2,26,28,29). The minimum Gasteiger partial charge on any atom is -0.468 e. The Kier molecular flexibility index (Phi) is 8.11. The highest BCUT2D eigenvalue weighted by Gasteiger charge is 2.19. The molecule has 0 bridgehead atoms. The first kappa shape index (κ1) is 23.6. The van der Waals surface area contributed by atoms with E-state index in [4.69, 9.17) is 13.8 Å². The van der Waals surface area contributed by atoms with E-state index in [-0.39, 0.29) is 5.41 Å². The van der Waals surface area contributed by atoms with Gasteiger partial charge in [0, 0.05) is 18.5 Å². The molecule has 0 aliphatic carbocycles. The van der Waals surface area contributed by atoms with Gasteiger partial charge in [0.15, 0.2) is 5.96 Å². The molecule has 1 aromatic carbocycles. The topological polar surface area (TPSA) is 78.8 Å². The summed E-state index contributed by atoms with van der Waals surface area (Å²) < 4.78 is 11.3. The lowest BCUT2D eigenvalue weighted by atomic mass is 9.94. The molecule has 172 valence electrons. The van der Waals surface area contributed by atoms with Crippen LogP contribution in [0, 0.1) is 0 Å². The number of oxazole rings is 1. The molecule has 0 saturated carbocycles. The third-order valence-corrected chi connectivity index (χ3v) is 5.02. The highest BCUT2D eigenvalue weighted by molar-refractivity contribution is 5.79. The van der Waals surface area contributed by atoms with Gasteiger partial charge in [-0.1, -0.05) is 45.0 Å². The summed E-state index contributed by atoms with van der Waals surface area (Å²) in [7, 11) is 2.09. The van der Waals surface area contributed by atoms with Crippen LogP contribution in [0.4, 0.5) is 0 Å². The quantitative estimate of drug-likeness (QED) is 0.380. The van der Waals surface area contributed by atoms with Crippen molar-refractivity contribution in [1.29, 1.82) is 0 Å². The Bertz CT molecular complexity index is 986. The summed E-state index contributed by atoms with van der Waals surface area (Å²) in [5.41, 5.74) is 2.39. The zero-order valence-corrected chi connectivity index (χ0v) is 19.8. The molecule has 0 aliphatic heterocycles. The number of hydrogen-bond acceptors (Lipinski definition) is 5. The van der Waals surface area contributed by atoms with E-state index in [2.05, 4.69) is 79.5 Å². The molecule has 0 aliphatic rings. The molecule has 7 heteroatoms. The van der Waals surface area contributed by atoms with Gasteiger partial charge in [-0.15, -0.1) is 0 Å². The molecule has 0 atom stereocenters. The number of benzene rings is 1. The molecular weight excluding hydrogens is 402 g/mol. The van der Waals surface area contributed by atoms with Crippen LogP contribution in [0.3, 0.4) is 0 Å². The van der Waals surface area contributed by atoms with E-state index >= 15 is 0 Å². The Labute approximate surface area is 190 Å². The van der Waals surface area contributed by atoms with E-state index in [0.29, 0.717) is 19.0 Å². The molecule has 2 heterocycles. The van der Waals surface area contributed by atoms with Crippen LogP contribution >= 0.6 is 0 Å². The van der Waals surface area contributed by atoms with Crippen molar-refractivity contribution in [3.63, 3.8) is 0 Å². The first-order chi connectivity index (χ1) is 15.3. The Morgan fingerprint density at radius 2 is 1.84 bits per heavy atom. The summed E-state index contributed by atoms with van der Waals surface area (Å²) in [4.78, 5) is 11.4. The summed E-state index contributed by atoms with van der Waals surface area (Å²) in [6.45, 7) is 11.8. The van der Waals surface area contributed by atoms with Gasteiger partial charge in [0.25, 0.3) is 0 Å². The largest absolute Gasteiger partial charge is 0.468 e. The van der Waals surface area contributed by atoms with Crippen LogP contribution in [-0.4, -0.2) is 29.4 Å². The number of aliphatic imine (C=N–C) groups is 1. The lowest BCUT2D eigenvalue weighted by molar-refractivity contribution is 0.287. The zero-order chi connectivity index (χ0) is 23.0. The maximum absolute atomic E-state index is 5.88. The number of guanidine groups is 1. The van der Waals surface area contributed by atoms with Crippen molar-refractivity contribution < 1.29 is 8.83 Å². The lowest BCUT2D eigenvalue weighted by Gasteiger charge is -2.17. The van der Waals surface area contributed by atoms with E-state index in [9.17, 15) is 0 Å². The van der Waals surface area contributed by atoms with Crippen molar-refractivity contribution in [2.24, 2.45) is 4.99 Å². The van der Waals surface area contributed by atoms with Gasteiger partial charge in [-0.3, -0.25) is 4.90 Å². The highest BCUT2D eigenvalue weighted by atomic mass is 16.4. The van der Waals surface area contributed by atoms with Crippen molar-refractivity contribution in [2.45, 2.75) is 59.3 Å². The summed E-state index contributed by atoms with van der Waals surface area (Å²) in [6.07, 6.45) is 3.51. The second-order valence-electron chi connectivity index (χ2n) is 8.94. The summed E-state index contributed by atoms with van der Waals surface area (Å²) in [5.74, 6) is 3.23. The summed E-state index contributed by atoms with van der Waals surface area (Å²) >= 11 is 0. The van der Waals surface area contributed by atoms with Crippen LogP contribution in [0.1, 0.15) is 56.2 Å². The summed E-state index contributed by atoms with van der Waals surface area (Å²) in [6, 6.07) is 12.3. The SMILES string of the molecule is CCNC(=NCc1ccccc1CN(C)Cc1ccco1)NCc1ncc(C(C)(C)C)o1. The van der Waals surface area contributed by atoms with Crippen LogP contribution in [0.2, 0.25) is 0 Å². The predicted molar refractivity (Wildman–Crippen MR) is 127 cm³/mol. The molecule has 3 rings (SSSR count). The molecule has 0 fully saturated rings. The van der Waals surface area contributed by atoms with E-state index < -0.39 is 0 Å². The molecule has 7 nitrogen and oxygen atoms in total. The Morgan fingerprint density at radius 1 is 1.06 bits per heavy atom. The van der Waals surface area contributed by atoms with Crippen molar-refractivity contribution >= 4 is 5.96 Å². The van der Waals surface area contributed by atoms with E-state index in [1.165, 1.54) is 11.1 Å². The normalized spacial score (nSPS) is 12.4. The number of nitrogens with zero attached hydrogens (tertiary/aromatic N) is 3. The fourth-order valence-corrected chi connectivity index (χ4v) is 3.29. The van der Waals surface area contributed by atoms with Gasteiger partial charge in [0.1, 0.15) is 11.5 Å². The van der Waals surface area contributed by atoms with Crippen molar-refractivity contribution in [3.8, 4) is 0 Å². The Hall–Kier alpha value is -3.06. The van der Waals surface area contributed by atoms with E-state index in [1.807, 2.05) is 12.1 Å². The molecule has 0 radical (unpaired) electrons. The Balaban J connectivity index is 1.62. The van der Waals surface area contributed by atoms with Crippen LogP contribution in [0.5, 0.6) is 0 Å².